The first-order valence-corrected chi connectivity index (χ1v) is 5.99. The highest BCUT2D eigenvalue weighted by molar-refractivity contribution is 5.94. The van der Waals surface area contributed by atoms with Crippen LogP contribution in [0.1, 0.15) is 16.8 Å². The summed E-state index contributed by atoms with van der Waals surface area (Å²) < 4.78 is 44.8. The van der Waals surface area contributed by atoms with E-state index in [1.165, 1.54) is 7.11 Å². The predicted octanol–water partition coefficient (Wildman–Crippen LogP) is 2.39. The Morgan fingerprint density at radius 1 is 1.35 bits per heavy atom. The molecule has 1 N–H and O–H groups in total. The summed E-state index contributed by atoms with van der Waals surface area (Å²) in [5, 5.41) is 2.59. The second-order valence-corrected chi connectivity index (χ2v) is 4.01. The van der Waals surface area contributed by atoms with Gasteiger partial charge in [-0.05, 0) is 24.6 Å². The first-order chi connectivity index (χ1) is 9.42. The summed E-state index contributed by atoms with van der Waals surface area (Å²) in [4.78, 5) is 11.7. The first-order valence-electron chi connectivity index (χ1n) is 5.99. The molecule has 20 heavy (non-hydrogen) atoms. The molecule has 0 heterocycles. The molecule has 0 aliphatic heterocycles. The van der Waals surface area contributed by atoms with Gasteiger partial charge in [-0.15, -0.1) is 0 Å². The Morgan fingerprint density at radius 2 is 2.10 bits per heavy atom. The van der Waals surface area contributed by atoms with E-state index in [0.29, 0.717) is 17.7 Å². The lowest BCUT2D eigenvalue weighted by Crippen LogP contribution is -2.26. The van der Waals surface area contributed by atoms with Gasteiger partial charge < -0.3 is 14.8 Å². The molecule has 0 fully saturated rings. The van der Waals surface area contributed by atoms with Gasteiger partial charge in [0.05, 0.1) is 7.11 Å². The Morgan fingerprint density at radius 3 is 2.75 bits per heavy atom. The van der Waals surface area contributed by atoms with Gasteiger partial charge in [0.15, 0.2) is 0 Å². The average molecular weight is 291 g/mol. The van der Waals surface area contributed by atoms with E-state index in [-0.39, 0.29) is 19.1 Å². The molecule has 0 aliphatic carbocycles. The molecule has 0 aromatic heterocycles. The van der Waals surface area contributed by atoms with Gasteiger partial charge in [0, 0.05) is 18.7 Å². The maximum atomic E-state index is 11.8. The van der Waals surface area contributed by atoms with E-state index < -0.39 is 12.8 Å². The Hall–Kier alpha value is -1.76. The Balaban J connectivity index is 2.23. The fourth-order valence-corrected chi connectivity index (χ4v) is 1.43. The third-order valence-electron chi connectivity index (χ3n) is 2.35. The van der Waals surface area contributed by atoms with Crippen molar-refractivity contribution in [3.63, 3.8) is 0 Å². The van der Waals surface area contributed by atoms with Gasteiger partial charge in [-0.3, -0.25) is 4.79 Å². The average Bonchev–Trinajstić information content (AvgIpc) is 2.41. The van der Waals surface area contributed by atoms with Gasteiger partial charge in [-0.25, -0.2) is 0 Å². The SMILES string of the molecule is COc1cccc(C(=O)NCCCOCC(F)(F)F)c1. The molecular formula is C13H16F3NO3. The molecule has 0 unspecified atom stereocenters. The number of methoxy groups -OCH3 is 1. The van der Waals surface area contributed by atoms with Gasteiger partial charge in [0.2, 0.25) is 0 Å². The second-order valence-electron chi connectivity index (χ2n) is 4.01. The van der Waals surface area contributed by atoms with Crippen LogP contribution in [0.25, 0.3) is 0 Å². The molecule has 1 amide bonds. The smallest absolute Gasteiger partial charge is 0.411 e. The van der Waals surface area contributed by atoms with Crippen molar-refractivity contribution in [2.45, 2.75) is 12.6 Å². The zero-order chi connectivity index (χ0) is 15.0. The number of hydrogen-bond donors (Lipinski definition) is 1. The lowest BCUT2D eigenvalue weighted by molar-refractivity contribution is -0.173. The normalized spacial score (nSPS) is 11.2. The monoisotopic (exact) mass is 291 g/mol. The van der Waals surface area contributed by atoms with Crippen molar-refractivity contribution in [2.24, 2.45) is 0 Å². The summed E-state index contributed by atoms with van der Waals surface area (Å²) >= 11 is 0. The van der Waals surface area contributed by atoms with Crippen LogP contribution in [0.5, 0.6) is 5.75 Å². The van der Waals surface area contributed by atoms with E-state index in [1.54, 1.807) is 24.3 Å². The largest absolute Gasteiger partial charge is 0.497 e. The summed E-state index contributed by atoms with van der Waals surface area (Å²) in [6.45, 7) is -1.08. The van der Waals surface area contributed by atoms with Gasteiger partial charge >= 0.3 is 6.18 Å². The molecule has 0 spiro atoms. The lowest BCUT2D eigenvalue weighted by atomic mass is 10.2. The summed E-state index contributed by atoms with van der Waals surface area (Å²) in [6.07, 6.45) is -4.00. The molecule has 0 atom stereocenters. The summed E-state index contributed by atoms with van der Waals surface area (Å²) in [5.41, 5.74) is 0.431. The number of hydrogen-bond acceptors (Lipinski definition) is 3. The maximum absolute atomic E-state index is 11.8. The van der Waals surface area contributed by atoms with Crippen LogP contribution < -0.4 is 10.1 Å². The van der Waals surface area contributed by atoms with Crippen molar-refractivity contribution < 1.29 is 27.4 Å². The van der Waals surface area contributed by atoms with Crippen molar-refractivity contribution in [3.05, 3.63) is 29.8 Å². The first kappa shape index (κ1) is 16.3. The number of amides is 1. The minimum Gasteiger partial charge on any atom is -0.497 e. The van der Waals surface area contributed by atoms with E-state index >= 15 is 0 Å². The van der Waals surface area contributed by atoms with E-state index in [2.05, 4.69) is 10.1 Å². The number of carbonyl (C=O) groups is 1. The second kappa shape index (κ2) is 7.74. The number of nitrogens with one attached hydrogen (secondary N) is 1. The molecule has 112 valence electrons. The summed E-state index contributed by atoms with van der Waals surface area (Å²) in [7, 11) is 1.50. The zero-order valence-corrected chi connectivity index (χ0v) is 11.0. The van der Waals surface area contributed by atoms with Crippen LogP contribution in [0.15, 0.2) is 24.3 Å². The number of halogens is 3. The zero-order valence-electron chi connectivity index (χ0n) is 11.0. The quantitative estimate of drug-likeness (QED) is 0.785. The Bertz CT molecular complexity index is 435. The van der Waals surface area contributed by atoms with Crippen molar-refractivity contribution >= 4 is 5.91 Å². The molecule has 4 nitrogen and oxygen atoms in total. The molecule has 0 saturated carbocycles. The highest BCUT2D eigenvalue weighted by Crippen LogP contribution is 2.14. The minimum absolute atomic E-state index is 0.0576. The molecule has 0 saturated heterocycles. The van der Waals surface area contributed by atoms with Crippen LogP contribution in [-0.4, -0.2) is 39.0 Å². The molecule has 0 bridgehead atoms. The van der Waals surface area contributed by atoms with Gasteiger partial charge in [-0.2, -0.15) is 13.2 Å². The van der Waals surface area contributed by atoms with E-state index in [9.17, 15) is 18.0 Å². The fraction of sp³-hybridized carbons (Fsp3) is 0.462. The highest BCUT2D eigenvalue weighted by atomic mass is 19.4. The highest BCUT2D eigenvalue weighted by Gasteiger charge is 2.27. The van der Waals surface area contributed by atoms with Crippen molar-refractivity contribution in [3.8, 4) is 5.75 Å². The third-order valence-corrected chi connectivity index (χ3v) is 2.35. The van der Waals surface area contributed by atoms with Crippen LogP contribution in [0.4, 0.5) is 13.2 Å². The number of benzene rings is 1. The van der Waals surface area contributed by atoms with E-state index in [1.807, 2.05) is 0 Å². The third kappa shape index (κ3) is 6.42. The minimum atomic E-state index is -4.32. The number of rotatable bonds is 7. The fourth-order valence-electron chi connectivity index (χ4n) is 1.43. The maximum Gasteiger partial charge on any atom is 0.411 e. The van der Waals surface area contributed by atoms with Crippen LogP contribution in [0.2, 0.25) is 0 Å². The Kier molecular flexibility index (Phi) is 6.30. The van der Waals surface area contributed by atoms with Gasteiger partial charge in [-0.1, -0.05) is 6.07 Å². The predicted molar refractivity (Wildman–Crippen MR) is 66.8 cm³/mol. The molecule has 0 radical (unpaired) electrons. The number of alkyl halides is 3. The summed E-state index contributed by atoms with van der Waals surface area (Å²) in [6, 6.07) is 6.59. The molecular weight excluding hydrogens is 275 g/mol. The summed E-state index contributed by atoms with van der Waals surface area (Å²) in [5.74, 6) is 0.255. The molecule has 1 aromatic rings. The van der Waals surface area contributed by atoms with Gasteiger partial charge in [0.25, 0.3) is 5.91 Å². The van der Waals surface area contributed by atoms with Crippen molar-refractivity contribution in [1.29, 1.82) is 0 Å². The molecule has 1 rings (SSSR count). The van der Waals surface area contributed by atoms with Crippen molar-refractivity contribution in [2.75, 3.05) is 26.9 Å². The van der Waals surface area contributed by atoms with Gasteiger partial charge in [0.1, 0.15) is 12.4 Å². The lowest BCUT2D eigenvalue weighted by Gasteiger charge is -2.08. The molecule has 7 heteroatoms. The van der Waals surface area contributed by atoms with Crippen molar-refractivity contribution in [1.82, 2.24) is 5.32 Å². The Labute approximate surface area is 114 Å². The number of ether oxygens (including phenoxy) is 2. The van der Waals surface area contributed by atoms with Crippen LogP contribution in [0, 0.1) is 0 Å². The van der Waals surface area contributed by atoms with E-state index in [4.69, 9.17) is 4.74 Å². The number of carbonyl (C=O) groups excluding carboxylic acids is 1. The van der Waals surface area contributed by atoms with Crippen LogP contribution >= 0.6 is 0 Å². The molecule has 1 aromatic carbocycles. The van der Waals surface area contributed by atoms with Crippen LogP contribution in [0.3, 0.4) is 0 Å². The topological polar surface area (TPSA) is 47.6 Å². The van der Waals surface area contributed by atoms with Crippen LogP contribution in [-0.2, 0) is 4.74 Å². The van der Waals surface area contributed by atoms with E-state index in [0.717, 1.165) is 0 Å². The molecule has 0 aliphatic rings. The standard InChI is InChI=1S/C13H16F3NO3/c1-19-11-5-2-4-10(8-11)12(18)17-6-3-7-20-9-13(14,15)16/h2,4-5,8H,3,6-7,9H2,1H3,(H,17,18).